The van der Waals surface area contributed by atoms with Crippen LogP contribution in [-0.2, 0) is 19.1 Å². The van der Waals surface area contributed by atoms with E-state index in [1.807, 2.05) is 22.4 Å². The average molecular weight is 476 g/mol. The van der Waals surface area contributed by atoms with Crippen LogP contribution in [0, 0.1) is 5.92 Å². The predicted molar refractivity (Wildman–Crippen MR) is 125 cm³/mol. The molecule has 1 N–H and O–H groups in total. The molecule has 1 unspecified atom stereocenters. The predicted octanol–water partition coefficient (Wildman–Crippen LogP) is 4.02. The maximum absolute atomic E-state index is 13.1. The van der Waals surface area contributed by atoms with Crippen LogP contribution in [0.25, 0.3) is 0 Å². The van der Waals surface area contributed by atoms with Crippen LogP contribution in [0.4, 0.5) is 0 Å². The topological polar surface area (TPSA) is 80.2 Å². The lowest BCUT2D eigenvalue weighted by Crippen LogP contribution is -2.38. The highest BCUT2D eigenvalue weighted by Crippen LogP contribution is 2.45. The number of nitrogens with one attached hydrogen (secondary N) is 1. The van der Waals surface area contributed by atoms with Crippen molar-refractivity contribution < 1.29 is 19.1 Å². The Morgan fingerprint density at radius 1 is 1.25 bits per heavy atom. The molecular weight excluding hydrogens is 450 g/mol. The lowest BCUT2D eigenvalue weighted by Gasteiger charge is -2.36. The van der Waals surface area contributed by atoms with Crippen LogP contribution in [-0.4, -0.2) is 48.8 Å². The lowest BCUT2D eigenvalue weighted by molar-refractivity contribution is -0.141. The number of rotatable bonds is 9. The molecule has 2 heterocycles. The molecule has 0 radical (unpaired) electrons. The Labute approximate surface area is 196 Å². The molecule has 0 saturated heterocycles. The number of halogens is 1. The Balaban J connectivity index is 1.62. The molecule has 0 spiro atoms. The van der Waals surface area contributed by atoms with Crippen LogP contribution >= 0.6 is 23.4 Å². The summed E-state index contributed by atoms with van der Waals surface area (Å²) in [5.74, 6) is 0.131. The van der Waals surface area contributed by atoms with Crippen molar-refractivity contribution in [3.63, 3.8) is 0 Å². The Morgan fingerprint density at radius 2 is 2.00 bits per heavy atom. The van der Waals surface area contributed by atoms with Crippen molar-refractivity contribution in [2.24, 2.45) is 10.9 Å². The van der Waals surface area contributed by atoms with Crippen molar-refractivity contribution >= 4 is 40.4 Å². The number of nitrogens with zero attached hydrogens (tertiary/aromatic N) is 2. The molecule has 0 bridgehead atoms. The first kappa shape index (κ1) is 22.9. The van der Waals surface area contributed by atoms with E-state index in [9.17, 15) is 9.59 Å². The van der Waals surface area contributed by atoms with Gasteiger partial charge < -0.3 is 19.7 Å². The first-order valence-electron chi connectivity index (χ1n) is 10.6. The first-order valence-corrected chi connectivity index (χ1v) is 11.9. The third-order valence-corrected chi connectivity index (χ3v) is 6.69. The molecule has 9 heteroatoms. The normalized spacial score (nSPS) is 20.0. The number of carbonyl (C=O) groups is 2. The number of aliphatic imine (C=N–C) groups is 1. The van der Waals surface area contributed by atoms with Gasteiger partial charge in [0, 0.05) is 24.4 Å². The second-order valence-electron chi connectivity index (χ2n) is 8.00. The number of allylic oxidation sites excluding steroid dienone is 1. The second kappa shape index (κ2) is 10.1. The Hall–Kier alpha value is -2.29. The molecule has 1 atom stereocenters. The van der Waals surface area contributed by atoms with Crippen LogP contribution in [0.1, 0.15) is 37.8 Å². The van der Waals surface area contributed by atoms with Gasteiger partial charge in [-0.25, -0.2) is 9.79 Å². The number of ether oxygens (including phenoxy) is 2. The zero-order valence-electron chi connectivity index (χ0n) is 18.1. The fourth-order valence-electron chi connectivity index (χ4n) is 3.69. The first-order chi connectivity index (χ1) is 15.5. The minimum Gasteiger partial charge on any atom is -0.460 e. The van der Waals surface area contributed by atoms with Gasteiger partial charge in [0.2, 0.25) is 5.91 Å². The molecule has 1 fully saturated rings. The van der Waals surface area contributed by atoms with Crippen molar-refractivity contribution in [2.75, 3.05) is 26.9 Å². The molecule has 1 aromatic rings. The number of amides is 1. The summed E-state index contributed by atoms with van der Waals surface area (Å²) in [5, 5.41) is 6.29. The standard InChI is InChI=1S/C23H26ClN3O4S/c1-14-20(22(29)31-10-9-30-2)21(16-5-7-17(24)8-6-16)27-18(13-32-23(27)26-14)11-19(28)25-12-15-3-4-15/h5-8,13,15,21H,3-4,9-12H2,1-2H3,(H,25,28). The van der Waals surface area contributed by atoms with Crippen molar-refractivity contribution in [3.05, 3.63) is 57.2 Å². The highest BCUT2D eigenvalue weighted by atomic mass is 35.5. The Kier molecular flexibility index (Phi) is 7.23. The number of esters is 1. The number of hydrogen-bond donors (Lipinski definition) is 1. The van der Waals surface area contributed by atoms with Crippen molar-refractivity contribution in [2.45, 2.75) is 32.2 Å². The van der Waals surface area contributed by atoms with Crippen molar-refractivity contribution in [3.8, 4) is 0 Å². The van der Waals surface area contributed by atoms with Crippen molar-refractivity contribution in [1.82, 2.24) is 10.2 Å². The van der Waals surface area contributed by atoms with Crippen LogP contribution < -0.4 is 5.32 Å². The molecule has 2 aliphatic heterocycles. The fraction of sp³-hybridized carbons (Fsp3) is 0.435. The third kappa shape index (κ3) is 5.19. The quantitative estimate of drug-likeness (QED) is 0.429. The monoisotopic (exact) mass is 475 g/mol. The number of hydrogen-bond acceptors (Lipinski definition) is 7. The van der Waals surface area contributed by atoms with E-state index in [1.54, 1.807) is 26.2 Å². The summed E-state index contributed by atoms with van der Waals surface area (Å²) in [6.07, 6.45) is 2.58. The lowest BCUT2D eigenvalue weighted by atomic mass is 9.94. The molecular formula is C23H26ClN3O4S. The van der Waals surface area contributed by atoms with Gasteiger partial charge in [-0.1, -0.05) is 35.5 Å². The van der Waals surface area contributed by atoms with E-state index in [2.05, 4.69) is 10.3 Å². The number of benzene rings is 1. The highest BCUT2D eigenvalue weighted by Gasteiger charge is 2.41. The summed E-state index contributed by atoms with van der Waals surface area (Å²) in [4.78, 5) is 32.3. The number of carbonyl (C=O) groups excluding carboxylic acids is 2. The molecule has 1 amide bonds. The minimum atomic E-state index is -0.465. The van der Waals surface area contributed by atoms with Gasteiger partial charge in [0.1, 0.15) is 6.61 Å². The maximum atomic E-state index is 13.1. The van der Waals surface area contributed by atoms with Crippen molar-refractivity contribution in [1.29, 1.82) is 0 Å². The van der Waals surface area contributed by atoms with E-state index in [4.69, 9.17) is 21.1 Å². The smallest absolute Gasteiger partial charge is 0.338 e. The van der Waals surface area contributed by atoms with Gasteiger partial charge in [-0.05, 0) is 48.8 Å². The molecule has 1 aromatic carbocycles. The van der Waals surface area contributed by atoms with Crippen LogP contribution in [0.3, 0.4) is 0 Å². The Morgan fingerprint density at radius 3 is 2.69 bits per heavy atom. The minimum absolute atomic E-state index is 0.0321. The van der Waals surface area contributed by atoms with E-state index in [-0.39, 0.29) is 18.9 Å². The molecule has 7 nitrogen and oxygen atoms in total. The zero-order chi connectivity index (χ0) is 22.7. The number of amidine groups is 1. The number of fused-ring (bicyclic) bond motifs is 1. The van der Waals surface area contributed by atoms with Crippen LogP contribution in [0.2, 0.25) is 5.02 Å². The molecule has 1 saturated carbocycles. The van der Waals surface area contributed by atoms with E-state index in [1.165, 1.54) is 24.6 Å². The van der Waals surface area contributed by atoms with Gasteiger partial charge >= 0.3 is 5.97 Å². The van der Waals surface area contributed by atoms with Gasteiger partial charge in [-0.3, -0.25) is 4.79 Å². The largest absolute Gasteiger partial charge is 0.460 e. The van der Waals surface area contributed by atoms with Crippen LogP contribution in [0.15, 0.2) is 51.6 Å². The Bertz CT molecular complexity index is 985. The summed E-state index contributed by atoms with van der Waals surface area (Å²) in [5.41, 5.74) is 2.71. The van der Waals surface area contributed by atoms with E-state index < -0.39 is 12.0 Å². The molecule has 4 rings (SSSR count). The average Bonchev–Trinajstić information content (AvgIpc) is 3.53. The summed E-state index contributed by atoms with van der Waals surface area (Å²) < 4.78 is 10.5. The fourth-order valence-corrected chi connectivity index (χ4v) is 4.78. The number of methoxy groups -OCH3 is 1. The van der Waals surface area contributed by atoms with E-state index in [0.717, 1.165) is 23.0 Å². The summed E-state index contributed by atoms with van der Waals surface area (Å²) >= 11 is 7.57. The number of thioether (sulfide) groups is 1. The molecule has 3 aliphatic rings. The summed E-state index contributed by atoms with van der Waals surface area (Å²) in [6.45, 7) is 2.99. The van der Waals surface area contributed by atoms with Gasteiger partial charge in [0.05, 0.1) is 30.3 Å². The van der Waals surface area contributed by atoms with Gasteiger partial charge in [0.25, 0.3) is 0 Å². The van der Waals surface area contributed by atoms with Gasteiger partial charge in [0.15, 0.2) is 5.17 Å². The SMILES string of the molecule is COCCOC(=O)C1=C(C)N=C2SC=C(CC(=O)NCC3CC3)N2C1c1ccc(Cl)cc1. The van der Waals surface area contributed by atoms with E-state index in [0.29, 0.717) is 28.8 Å². The zero-order valence-corrected chi connectivity index (χ0v) is 19.7. The maximum Gasteiger partial charge on any atom is 0.338 e. The molecule has 1 aliphatic carbocycles. The molecule has 170 valence electrons. The molecule has 0 aromatic heterocycles. The molecule has 32 heavy (non-hydrogen) atoms. The second-order valence-corrected chi connectivity index (χ2v) is 9.27. The van der Waals surface area contributed by atoms with Gasteiger partial charge in [-0.15, -0.1) is 0 Å². The summed E-state index contributed by atoms with van der Waals surface area (Å²) in [7, 11) is 1.55. The highest BCUT2D eigenvalue weighted by molar-refractivity contribution is 8.16. The van der Waals surface area contributed by atoms with Crippen LogP contribution in [0.5, 0.6) is 0 Å². The van der Waals surface area contributed by atoms with Gasteiger partial charge in [-0.2, -0.15) is 0 Å². The third-order valence-electron chi connectivity index (χ3n) is 5.55. The summed E-state index contributed by atoms with van der Waals surface area (Å²) in [6, 6.07) is 6.90. The van der Waals surface area contributed by atoms with E-state index >= 15 is 0 Å².